The van der Waals surface area contributed by atoms with E-state index in [9.17, 15) is 0 Å². The van der Waals surface area contributed by atoms with E-state index < -0.39 is 0 Å². The fourth-order valence-corrected chi connectivity index (χ4v) is 2.38. The molecule has 0 fully saturated rings. The molecular weight excluding hydrogens is 236 g/mol. The Morgan fingerprint density at radius 1 is 1.32 bits per heavy atom. The van der Waals surface area contributed by atoms with Gasteiger partial charge in [0, 0.05) is 36.6 Å². The number of rotatable bonds is 5. The Labute approximate surface area is 115 Å². The first kappa shape index (κ1) is 13.8. The molecule has 1 N–H and O–H groups in total. The summed E-state index contributed by atoms with van der Waals surface area (Å²) >= 11 is 0. The summed E-state index contributed by atoms with van der Waals surface area (Å²) in [6.45, 7) is 6.39. The molecule has 3 heteroatoms. The summed E-state index contributed by atoms with van der Waals surface area (Å²) in [7, 11) is 1.76. The van der Waals surface area contributed by atoms with Gasteiger partial charge in [0.05, 0.1) is 5.60 Å². The van der Waals surface area contributed by atoms with Crippen LogP contribution in [0.15, 0.2) is 36.7 Å². The van der Waals surface area contributed by atoms with E-state index in [-0.39, 0.29) is 5.60 Å². The van der Waals surface area contributed by atoms with E-state index in [1.54, 1.807) is 7.11 Å². The molecule has 0 bridgehead atoms. The lowest BCUT2D eigenvalue weighted by Gasteiger charge is -2.27. The van der Waals surface area contributed by atoms with Gasteiger partial charge in [-0.25, -0.2) is 0 Å². The third-order valence-electron chi connectivity index (χ3n) is 3.44. The van der Waals surface area contributed by atoms with E-state index in [1.807, 2.05) is 18.5 Å². The number of benzene rings is 1. The Morgan fingerprint density at radius 2 is 2.11 bits per heavy atom. The van der Waals surface area contributed by atoms with E-state index in [1.165, 1.54) is 5.39 Å². The first-order chi connectivity index (χ1) is 9.02. The third-order valence-corrected chi connectivity index (χ3v) is 3.44. The average molecular weight is 258 g/mol. The van der Waals surface area contributed by atoms with Crippen molar-refractivity contribution in [2.75, 3.05) is 12.4 Å². The Kier molecular flexibility index (Phi) is 4.05. The summed E-state index contributed by atoms with van der Waals surface area (Å²) in [6.07, 6.45) is 4.68. The molecule has 1 aromatic heterocycles. The van der Waals surface area contributed by atoms with Crippen LogP contribution in [-0.4, -0.2) is 23.7 Å². The van der Waals surface area contributed by atoms with E-state index in [2.05, 4.69) is 49.3 Å². The topological polar surface area (TPSA) is 34.1 Å². The molecule has 1 heterocycles. The van der Waals surface area contributed by atoms with Crippen molar-refractivity contribution >= 4 is 16.5 Å². The van der Waals surface area contributed by atoms with Gasteiger partial charge in [-0.3, -0.25) is 4.98 Å². The quantitative estimate of drug-likeness (QED) is 0.884. The lowest BCUT2D eigenvalue weighted by atomic mass is 9.99. The number of nitrogens with one attached hydrogen (secondary N) is 1. The number of ether oxygens (including phenoxy) is 1. The molecule has 0 saturated carbocycles. The molecule has 3 nitrogen and oxygen atoms in total. The van der Waals surface area contributed by atoms with Gasteiger partial charge in [0.2, 0.25) is 0 Å². The monoisotopic (exact) mass is 258 g/mol. The van der Waals surface area contributed by atoms with Crippen LogP contribution in [0.5, 0.6) is 0 Å². The molecule has 1 atom stereocenters. The van der Waals surface area contributed by atoms with Crippen LogP contribution in [0, 0.1) is 0 Å². The van der Waals surface area contributed by atoms with Gasteiger partial charge >= 0.3 is 0 Å². The number of anilines is 1. The molecule has 1 unspecified atom stereocenters. The summed E-state index contributed by atoms with van der Waals surface area (Å²) < 4.78 is 5.48. The van der Waals surface area contributed by atoms with Gasteiger partial charge in [0.1, 0.15) is 0 Å². The Balaban J connectivity index is 2.17. The second-order valence-corrected chi connectivity index (χ2v) is 5.62. The number of pyridine rings is 1. The first-order valence-electron chi connectivity index (χ1n) is 6.66. The minimum atomic E-state index is -0.116. The number of aromatic nitrogens is 1. The normalized spacial score (nSPS) is 13.5. The molecule has 102 valence electrons. The maximum Gasteiger partial charge on any atom is 0.0642 e. The number of methoxy groups -OCH3 is 1. The zero-order valence-electron chi connectivity index (χ0n) is 12.1. The molecule has 19 heavy (non-hydrogen) atoms. The van der Waals surface area contributed by atoms with E-state index >= 15 is 0 Å². The van der Waals surface area contributed by atoms with E-state index in [4.69, 9.17) is 4.74 Å². The minimum Gasteiger partial charge on any atom is -0.382 e. The smallest absolute Gasteiger partial charge is 0.0642 e. The van der Waals surface area contributed by atoms with Crippen molar-refractivity contribution < 1.29 is 4.74 Å². The van der Waals surface area contributed by atoms with Crippen molar-refractivity contribution in [1.29, 1.82) is 0 Å². The molecule has 0 aliphatic heterocycles. The van der Waals surface area contributed by atoms with Crippen LogP contribution in [0.3, 0.4) is 0 Å². The van der Waals surface area contributed by atoms with Crippen molar-refractivity contribution in [1.82, 2.24) is 4.98 Å². The lowest BCUT2D eigenvalue weighted by molar-refractivity contribution is 0.0128. The highest BCUT2D eigenvalue weighted by Crippen LogP contribution is 2.24. The van der Waals surface area contributed by atoms with Crippen LogP contribution in [0.4, 0.5) is 5.69 Å². The van der Waals surface area contributed by atoms with Crippen molar-refractivity contribution in [2.24, 2.45) is 0 Å². The molecule has 0 radical (unpaired) electrons. The van der Waals surface area contributed by atoms with Crippen LogP contribution in [0.2, 0.25) is 0 Å². The summed E-state index contributed by atoms with van der Waals surface area (Å²) in [4.78, 5) is 4.21. The maximum absolute atomic E-state index is 5.48. The predicted octanol–water partition coefficient (Wildman–Crippen LogP) is 3.85. The fourth-order valence-electron chi connectivity index (χ4n) is 2.38. The second kappa shape index (κ2) is 5.57. The highest BCUT2D eigenvalue weighted by Gasteiger charge is 2.20. The Bertz CT molecular complexity index is 546. The van der Waals surface area contributed by atoms with Crippen LogP contribution in [0.25, 0.3) is 10.8 Å². The molecule has 2 rings (SSSR count). The summed E-state index contributed by atoms with van der Waals surface area (Å²) in [6, 6.07) is 8.64. The molecule has 0 aliphatic rings. The molecule has 0 aliphatic carbocycles. The van der Waals surface area contributed by atoms with Gasteiger partial charge in [0.15, 0.2) is 0 Å². The Hall–Kier alpha value is -1.61. The molecular formula is C16H22N2O. The second-order valence-electron chi connectivity index (χ2n) is 5.62. The zero-order valence-corrected chi connectivity index (χ0v) is 12.1. The largest absolute Gasteiger partial charge is 0.382 e. The first-order valence-corrected chi connectivity index (χ1v) is 6.66. The number of hydrogen-bond acceptors (Lipinski definition) is 3. The fraction of sp³-hybridized carbons (Fsp3) is 0.438. The van der Waals surface area contributed by atoms with E-state index in [0.29, 0.717) is 6.04 Å². The summed E-state index contributed by atoms with van der Waals surface area (Å²) in [5.41, 5.74) is 1.01. The third kappa shape index (κ3) is 3.44. The van der Waals surface area contributed by atoms with Gasteiger partial charge in [-0.05, 0) is 44.7 Å². The lowest BCUT2D eigenvalue weighted by Crippen LogP contribution is -2.31. The SMILES string of the molecule is COC(C)(C)CC(C)Nc1cccc2ccncc12. The van der Waals surface area contributed by atoms with Crippen molar-refractivity contribution in [2.45, 2.75) is 38.8 Å². The molecule has 0 spiro atoms. The van der Waals surface area contributed by atoms with Gasteiger partial charge in [-0.1, -0.05) is 12.1 Å². The van der Waals surface area contributed by atoms with Crippen molar-refractivity contribution in [3.05, 3.63) is 36.7 Å². The van der Waals surface area contributed by atoms with Crippen LogP contribution < -0.4 is 5.32 Å². The summed E-state index contributed by atoms with van der Waals surface area (Å²) in [5.74, 6) is 0. The Morgan fingerprint density at radius 3 is 2.84 bits per heavy atom. The molecule has 1 aromatic carbocycles. The maximum atomic E-state index is 5.48. The molecule has 0 saturated heterocycles. The highest BCUT2D eigenvalue weighted by atomic mass is 16.5. The van der Waals surface area contributed by atoms with Crippen LogP contribution in [-0.2, 0) is 4.74 Å². The van der Waals surface area contributed by atoms with Crippen molar-refractivity contribution in [3.8, 4) is 0 Å². The number of nitrogens with zero attached hydrogens (tertiary/aromatic N) is 1. The molecule has 2 aromatic rings. The van der Waals surface area contributed by atoms with Gasteiger partial charge in [0.25, 0.3) is 0 Å². The van der Waals surface area contributed by atoms with Crippen molar-refractivity contribution in [3.63, 3.8) is 0 Å². The zero-order chi connectivity index (χ0) is 13.9. The average Bonchev–Trinajstić information content (AvgIpc) is 2.38. The minimum absolute atomic E-state index is 0.116. The molecule has 0 amide bonds. The van der Waals surface area contributed by atoms with Gasteiger partial charge in [-0.2, -0.15) is 0 Å². The van der Waals surface area contributed by atoms with Crippen LogP contribution in [0.1, 0.15) is 27.2 Å². The van der Waals surface area contributed by atoms with Gasteiger partial charge < -0.3 is 10.1 Å². The predicted molar refractivity (Wildman–Crippen MR) is 80.5 cm³/mol. The summed E-state index contributed by atoms with van der Waals surface area (Å²) in [5, 5.41) is 5.92. The standard InChI is InChI=1S/C16H22N2O/c1-12(10-16(2,3)19-4)18-15-7-5-6-13-8-9-17-11-14(13)15/h5-9,11-12,18H,10H2,1-4H3. The van der Waals surface area contributed by atoms with Gasteiger partial charge in [-0.15, -0.1) is 0 Å². The van der Waals surface area contributed by atoms with E-state index in [0.717, 1.165) is 17.5 Å². The van der Waals surface area contributed by atoms with Crippen LogP contribution >= 0.6 is 0 Å². The number of fused-ring (bicyclic) bond motifs is 1. The number of hydrogen-bond donors (Lipinski definition) is 1. The highest BCUT2D eigenvalue weighted by molar-refractivity contribution is 5.93.